The number of nitrogens with zero attached hydrogens (tertiary/aromatic N) is 2. The van der Waals surface area contributed by atoms with Crippen LogP contribution in [-0.2, 0) is 4.79 Å². The van der Waals surface area contributed by atoms with E-state index in [0.29, 0.717) is 17.2 Å². The Hall–Kier alpha value is -3.74. The van der Waals surface area contributed by atoms with Crippen molar-refractivity contribution in [3.8, 4) is 0 Å². The first-order chi connectivity index (χ1) is 13.0. The van der Waals surface area contributed by atoms with Crippen LogP contribution in [0.2, 0.25) is 0 Å². The third-order valence-corrected chi connectivity index (χ3v) is 3.65. The van der Waals surface area contributed by atoms with Gasteiger partial charge in [0.25, 0.3) is 5.91 Å². The quantitative estimate of drug-likeness (QED) is 0.643. The van der Waals surface area contributed by atoms with Gasteiger partial charge in [-0.05, 0) is 48.9 Å². The van der Waals surface area contributed by atoms with Gasteiger partial charge >= 0.3 is 0 Å². The summed E-state index contributed by atoms with van der Waals surface area (Å²) in [6.45, 7) is 3.42. The predicted molar refractivity (Wildman–Crippen MR) is 105 cm³/mol. The first-order valence-corrected chi connectivity index (χ1v) is 8.34. The summed E-state index contributed by atoms with van der Waals surface area (Å²) in [6, 6.07) is 14.7. The Morgan fingerprint density at radius 3 is 2.15 bits per heavy atom. The molecule has 7 heteroatoms. The number of rotatable bonds is 5. The molecule has 0 saturated carbocycles. The fourth-order valence-corrected chi connectivity index (χ4v) is 2.41. The topological polar surface area (TPSA) is 96.0 Å². The van der Waals surface area contributed by atoms with E-state index in [1.54, 1.807) is 24.3 Å². The van der Waals surface area contributed by atoms with Crippen LogP contribution in [0.3, 0.4) is 0 Å². The maximum atomic E-state index is 12.3. The smallest absolute Gasteiger partial charge is 0.258 e. The number of carbonyl (C=O) groups excluding carboxylic acids is 2. The second-order valence-electron chi connectivity index (χ2n) is 6.00. The van der Waals surface area contributed by atoms with Crippen molar-refractivity contribution in [1.29, 1.82) is 0 Å². The number of hydrogen-bond acceptors (Lipinski definition) is 5. The van der Waals surface area contributed by atoms with Gasteiger partial charge in [-0.25, -0.2) is 9.97 Å². The van der Waals surface area contributed by atoms with Crippen LogP contribution in [0.5, 0.6) is 0 Å². The number of carbonyl (C=O) groups is 2. The fraction of sp³-hybridized carbons (Fsp3) is 0.100. The molecule has 27 heavy (non-hydrogen) atoms. The molecule has 2 amide bonds. The number of hydrogen-bond donors (Lipinski definition) is 3. The summed E-state index contributed by atoms with van der Waals surface area (Å²) in [5, 5.41) is 8.55. The van der Waals surface area contributed by atoms with Crippen molar-refractivity contribution in [2.24, 2.45) is 0 Å². The standard InChI is InChI=1S/C20H19N5O2/c1-13-4-3-5-18(10-13)24-19(27)15-11-21-20(22-12-15)25-17-8-6-16(7-9-17)23-14(2)26/h3-12H,1-2H3,(H,23,26)(H,24,27)(H,21,22,25). The first kappa shape index (κ1) is 18.1. The maximum absolute atomic E-state index is 12.3. The molecule has 3 aromatic rings. The lowest BCUT2D eigenvalue weighted by Gasteiger charge is -2.08. The highest BCUT2D eigenvalue weighted by Crippen LogP contribution is 2.17. The molecule has 3 N–H and O–H groups in total. The third-order valence-electron chi connectivity index (χ3n) is 3.65. The summed E-state index contributed by atoms with van der Waals surface area (Å²) in [5.41, 5.74) is 3.62. The molecule has 0 spiro atoms. The Morgan fingerprint density at radius 1 is 0.852 bits per heavy atom. The van der Waals surface area contributed by atoms with Crippen molar-refractivity contribution in [1.82, 2.24) is 9.97 Å². The van der Waals surface area contributed by atoms with E-state index < -0.39 is 0 Å². The number of aromatic nitrogens is 2. The van der Waals surface area contributed by atoms with Gasteiger partial charge in [0, 0.05) is 36.4 Å². The molecule has 2 aromatic carbocycles. The molecule has 0 atom stereocenters. The summed E-state index contributed by atoms with van der Waals surface area (Å²) < 4.78 is 0. The van der Waals surface area contributed by atoms with Gasteiger partial charge in [0.1, 0.15) is 0 Å². The van der Waals surface area contributed by atoms with Gasteiger partial charge in [-0.15, -0.1) is 0 Å². The normalized spacial score (nSPS) is 10.1. The van der Waals surface area contributed by atoms with Gasteiger partial charge in [0.2, 0.25) is 11.9 Å². The summed E-state index contributed by atoms with van der Waals surface area (Å²) >= 11 is 0. The van der Waals surface area contributed by atoms with E-state index in [1.165, 1.54) is 19.3 Å². The van der Waals surface area contributed by atoms with Crippen LogP contribution in [0, 0.1) is 6.92 Å². The van der Waals surface area contributed by atoms with E-state index in [2.05, 4.69) is 25.9 Å². The molecule has 1 aromatic heterocycles. The maximum Gasteiger partial charge on any atom is 0.258 e. The van der Waals surface area contributed by atoms with E-state index in [9.17, 15) is 9.59 Å². The van der Waals surface area contributed by atoms with Gasteiger partial charge in [-0.3, -0.25) is 9.59 Å². The zero-order chi connectivity index (χ0) is 19.2. The first-order valence-electron chi connectivity index (χ1n) is 8.34. The van der Waals surface area contributed by atoms with Gasteiger partial charge in [0.15, 0.2) is 0 Å². The largest absolute Gasteiger partial charge is 0.326 e. The molecular weight excluding hydrogens is 342 g/mol. The Kier molecular flexibility index (Phi) is 5.41. The molecule has 0 radical (unpaired) electrons. The van der Waals surface area contributed by atoms with E-state index in [4.69, 9.17) is 0 Å². The lowest BCUT2D eigenvalue weighted by atomic mass is 10.2. The van der Waals surface area contributed by atoms with E-state index in [0.717, 1.165) is 16.9 Å². The van der Waals surface area contributed by atoms with Crippen LogP contribution >= 0.6 is 0 Å². The third kappa shape index (κ3) is 5.12. The van der Waals surface area contributed by atoms with Crippen LogP contribution in [0.1, 0.15) is 22.8 Å². The summed E-state index contributed by atoms with van der Waals surface area (Å²) in [7, 11) is 0. The lowest BCUT2D eigenvalue weighted by molar-refractivity contribution is -0.114. The molecule has 0 fully saturated rings. The summed E-state index contributed by atoms with van der Waals surface area (Å²) in [5.74, 6) is -0.0280. The van der Waals surface area contributed by atoms with Crippen LogP contribution < -0.4 is 16.0 Å². The number of nitrogens with one attached hydrogen (secondary N) is 3. The van der Waals surface area contributed by atoms with Crippen molar-refractivity contribution in [3.63, 3.8) is 0 Å². The fourth-order valence-electron chi connectivity index (χ4n) is 2.41. The molecule has 136 valence electrons. The van der Waals surface area contributed by atoms with E-state index in [1.807, 2.05) is 31.2 Å². The van der Waals surface area contributed by atoms with Crippen molar-refractivity contribution >= 4 is 34.8 Å². The van der Waals surface area contributed by atoms with E-state index in [-0.39, 0.29) is 11.8 Å². The molecule has 3 rings (SSSR count). The molecular formula is C20H19N5O2. The zero-order valence-corrected chi connectivity index (χ0v) is 15.0. The summed E-state index contributed by atoms with van der Waals surface area (Å²) in [6.07, 6.45) is 2.93. The minimum absolute atomic E-state index is 0.126. The van der Waals surface area contributed by atoms with Gasteiger partial charge < -0.3 is 16.0 Å². The second kappa shape index (κ2) is 8.09. The monoisotopic (exact) mass is 361 g/mol. The van der Waals surface area contributed by atoms with Gasteiger partial charge in [0.05, 0.1) is 5.56 Å². The highest BCUT2D eigenvalue weighted by Gasteiger charge is 2.08. The van der Waals surface area contributed by atoms with Crippen LogP contribution in [-0.4, -0.2) is 21.8 Å². The highest BCUT2D eigenvalue weighted by atomic mass is 16.2. The molecule has 1 heterocycles. The minimum atomic E-state index is -0.271. The average Bonchev–Trinajstić information content (AvgIpc) is 2.63. The Labute approximate surface area is 156 Å². The van der Waals surface area contributed by atoms with Crippen molar-refractivity contribution < 1.29 is 9.59 Å². The molecule has 0 aliphatic heterocycles. The molecule has 0 aliphatic rings. The molecule has 0 bridgehead atoms. The minimum Gasteiger partial charge on any atom is -0.326 e. The molecule has 0 unspecified atom stereocenters. The van der Waals surface area contributed by atoms with Crippen molar-refractivity contribution in [2.75, 3.05) is 16.0 Å². The number of aryl methyl sites for hydroxylation is 1. The highest BCUT2D eigenvalue weighted by molar-refractivity contribution is 6.03. The zero-order valence-electron chi connectivity index (χ0n) is 15.0. The SMILES string of the molecule is CC(=O)Nc1ccc(Nc2ncc(C(=O)Nc3cccc(C)c3)cn2)cc1. The Morgan fingerprint density at radius 2 is 1.52 bits per heavy atom. The van der Waals surface area contributed by atoms with Gasteiger partial charge in [-0.2, -0.15) is 0 Å². The Bertz CT molecular complexity index is 953. The Balaban J connectivity index is 1.62. The number of amides is 2. The second-order valence-corrected chi connectivity index (χ2v) is 6.00. The van der Waals surface area contributed by atoms with E-state index >= 15 is 0 Å². The molecule has 0 aliphatic carbocycles. The van der Waals surface area contributed by atoms with Crippen molar-refractivity contribution in [2.45, 2.75) is 13.8 Å². The molecule has 7 nitrogen and oxygen atoms in total. The lowest BCUT2D eigenvalue weighted by Crippen LogP contribution is -2.13. The average molecular weight is 361 g/mol. The van der Waals surface area contributed by atoms with Crippen LogP contribution in [0.15, 0.2) is 60.9 Å². The van der Waals surface area contributed by atoms with Crippen LogP contribution in [0.25, 0.3) is 0 Å². The molecule has 0 saturated heterocycles. The van der Waals surface area contributed by atoms with Crippen molar-refractivity contribution in [3.05, 3.63) is 72.1 Å². The van der Waals surface area contributed by atoms with Crippen LogP contribution in [0.4, 0.5) is 23.0 Å². The summed E-state index contributed by atoms with van der Waals surface area (Å²) in [4.78, 5) is 31.6. The predicted octanol–water partition coefficient (Wildman–Crippen LogP) is 3.74. The van der Waals surface area contributed by atoms with Gasteiger partial charge in [-0.1, -0.05) is 12.1 Å². The number of anilines is 4. The number of benzene rings is 2.